The van der Waals surface area contributed by atoms with Crippen molar-refractivity contribution in [1.82, 2.24) is 4.98 Å². The highest BCUT2D eigenvalue weighted by molar-refractivity contribution is 9.10. The van der Waals surface area contributed by atoms with Crippen molar-refractivity contribution in [3.05, 3.63) is 46.6 Å². The molecule has 0 spiro atoms. The van der Waals surface area contributed by atoms with E-state index in [0.29, 0.717) is 6.61 Å². The molecule has 0 aliphatic carbocycles. The second-order valence-corrected chi connectivity index (χ2v) is 5.47. The number of benzene rings is 1. The van der Waals surface area contributed by atoms with Crippen molar-refractivity contribution in [2.75, 3.05) is 25.2 Å². The lowest BCUT2D eigenvalue weighted by Crippen LogP contribution is -2.33. The minimum atomic E-state index is 0.667. The van der Waals surface area contributed by atoms with Gasteiger partial charge in [0, 0.05) is 22.8 Å². The maximum Gasteiger partial charge on any atom is 0.171 e. The Balaban J connectivity index is 1.89. The van der Waals surface area contributed by atoms with Gasteiger partial charge in [0.05, 0.1) is 13.7 Å². The number of ether oxygens (including phenoxy) is 2. The fraction of sp³-hybridized carbons (Fsp3) is 0.267. The highest BCUT2D eigenvalue weighted by Gasteiger charge is 2.20. The van der Waals surface area contributed by atoms with E-state index >= 15 is 0 Å². The molecule has 2 aromatic rings. The standard InChI is InChI=1S/C15H15BrN2O2/c1-19-13-5-3-2-4-11(13)10-18-6-7-20-14-8-12(16)9-17-15(14)18/h2-5,8-9H,6-7,10H2,1H3. The van der Waals surface area contributed by atoms with E-state index in [1.807, 2.05) is 24.3 Å². The Morgan fingerprint density at radius 3 is 3.10 bits per heavy atom. The lowest BCUT2D eigenvalue weighted by molar-refractivity contribution is 0.303. The number of para-hydroxylation sites is 1. The van der Waals surface area contributed by atoms with Crippen molar-refractivity contribution in [3.63, 3.8) is 0 Å². The van der Waals surface area contributed by atoms with Gasteiger partial charge in [0.2, 0.25) is 0 Å². The quantitative estimate of drug-likeness (QED) is 0.862. The maximum absolute atomic E-state index is 5.66. The highest BCUT2D eigenvalue weighted by atomic mass is 79.9. The van der Waals surface area contributed by atoms with Gasteiger partial charge in [-0.15, -0.1) is 0 Å². The molecule has 0 unspecified atom stereocenters. The van der Waals surface area contributed by atoms with Gasteiger partial charge < -0.3 is 14.4 Å². The number of aromatic nitrogens is 1. The second-order valence-electron chi connectivity index (χ2n) is 4.56. The van der Waals surface area contributed by atoms with E-state index in [2.05, 4.69) is 31.9 Å². The number of hydrogen-bond donors (Lipinski definition) is 0. The first kappa shape index (κ1) is 13.2. The number of methoxy groups -OCH3 is 1. The molecule has 0 amide bonds. The van der Waals surface area contributed by atoms with Crippen LogP contribution in [0.5, 0.6) is 11.5 Å². The Kier molecular flexibility index (Phi) is 3.78. The zero-order chi connectivity index (χ0) is 13.9. The number of nitrogens with zero attached hydrogens (tertiary/aromatic N) is 2. The Hall–Kier alpha value is -1.75. The monoisotopic (exact) mass is 334 g/mol. The SMILES string of the molecule is COc1ccccc1CN1CCOc2cc(Br)cnc21. The number of halogens is 1. The molecule has 1 aromatic heterocycles. The summed E-state index contributed by atoms with van der Waals surface area (Å²) in [5, 5.41) is 0. The van der Waals surface area contributed by atoms with Crippen LogP contribution in [0.25, 0.3) is 0 Å². The van der Waals surface area contributed by atoms with Crippen molar-refractivity contribution in [2.24, 2.45) is 0 Å². The average molecular weight is 335 g/mol. The van der Waals surface area contributed by atoms with Gasteiger partial charge in [-0.1, -0.05) is 18.2 Å². The summed E-state index contributed by atoms with van der Waals surface area (Å²) in [5.41, 5.74) is 1.15. The smallest absolute Gasteiger partial charge is 0.171 e. The van der Waals surface area contributed by atoms with E-state index < -0.39 is 0 Å². The fourth-order valence-electron chi connectivity index (χ4n) is 2.32. The van der Waals surface area contributed by atoms with Gasteiger partial charge in [-0.3, -0.25) is 0 Å². The van der Waals surface area contributed by atoms with Gasteiger partial charge in [-0.05, 0) is 28.1 Å². The van der Waals surface area contributed by atoms with Crippen molar-refractivity contribution in [2.45, 2.75) is 6.54 Å². The van der Waals surface area contributed by atoms with Crippen LogP contribution in [0, 0.1) is 0 Å². The molecule has 2 heterocycles. The molecule has 0 radical (unpaired) electrons. The van der Waals surface area contributed by atoms with E-state index in [1.54, 1.807) is 13.3 Å². The molecular formula is C15H15BrN2O2. The van der Waals surface area contributed by atoms with Crippen LogP contribution in [0.1, 0.15) is 5.56 Å². The number of hydrogen-bond acceptors (Lipinski definition) is 4. The predicted octanol–water partition coefficient (Wildman–Crippen LogP) is 3.25. The molecule has 0 saturated carbocycles. The second kappa shape index (κ2) is 5.71. The van der Waals surface area contributed by atoms with Crippen molar-refractivity contribution in [3.8, 4) is 11.5 Å². The normalized spacial score (nSPS) is 13.6. The average Bonchev–Trinajstić information content (AvgIpc) is 2.47. The van der Waals surface area contributed by atoms with Gasteiger partial charge in [0.1, 0.15) is 12.4 Å². The molecule has 0 atom stereocenters. The van der Waals surface area contributed by atoms with Crippen molar-refractivity contribution in [1.29, 1.82) is 0 Å². The molecule has 1 aliphatic rings. The van der Waals surface area contributed by atoms with Crippen LogP contribution in [0.15, 0.2) is 41.0 Å². The summed E-state index contributed by atoms with van der Waals surface area (Å²) in [5.74, 6) is 2.60. The van der Waals surface area contributed by atoms with Crippen LogP contribution in [0.3, 0.4) is 0 Å². The summed E-state index contributed by atoms with van der Waals surface area (Å²) in [6.45, 7) is 2.25. The highest BCUT2D eigenvalue weighted by Crippen LogP contribution is 2.33. The minimum absolute atomic E-state index is 0.667. The summed E-state index contributed by atoms with van der Waals surface area (Å²) in [6.07, 6.45) is 1.79. The number of rotatable bonds is 3. The first-order valence-electron chi connectivity index (χ1n) is 6.43. The van der Waals surface area contributed by atoms with Crippen LogP contribution in [0.2, 0.25) is 0 Å². The molecule has 5 heteroatoms. The lowest BCUT2D eigenvalue weighted by Gasteiger charge is -2.30. The first-order chi connectivity index (χ1) is 9.78. The summed E-state index contributed by atoms with van der Waals surface area (Å²) in [7, 11) is 1.70. The molecule has 4 nitrogen and oxygen atoms in total. The molecule has 0 N–H and O–H groups in total. The topological polar surface area (TPSA) is 34.6 Å². The molecule has 0 fully saturated rings. The molecular weight excluding hydrogens is 320 g/mol. The van der Waals surface area contributed by atoms with Crippen LogP contribution in [0.4, 0.5) is 5.82 Å². The largest absolute Gasteiger partial charge is 0.496 e. The number of fused-ring (bicyclic) bond motifs is 1. The van der Waals surface area contributed by atoms with Gasteiger partial charge in [0.15, 0.2) is 11.6 Å². The van der Waals surface area contributed by atoms with E-state index in [0.717, 1.165) is 40.4 Å². The third kappa shape index (κ3) is 2.58. The summed E-state index contributed by atoms with van der Waals surface area (Å²) >= 11 is 3.42. The van der Waals surface area contributed by atoms with Crippen LogP contribution in [-0.4, -0.2) is 25.2 Å². The Morgan fingerprint density at radius 1 is 1.40 bits per heavy atom. The fourth-order valence-corrected chi connectivity index (χ4v) is 2.63. The summed E-state index contributed by atoms with van der Waals surface area (Å²) < 4.78 is 12.0. The third-order valence-electron chi connectivity index (χ3n) is 3.27. The van der Waals surface area contributed by atoms with Crippen molar-refractivity contribution >= 4 is 21.7 Å². The number of anilines is 1. The molecule has 0 bridgehead atoms. The predicted molar refractivity (Wildman–Crippen MR) is 81.5 cm³/mol. The maximum atomic E-state index is 5.66. The van der Waals surface area contributed by atoms with E-state index in [1.165, 1.54) is 0 Å². The molecule has 3 rings (SSSR count). The third-order valence-corrected chi connectivity index (χ3v) is 3.71. The van der Waals surface area contributed by atoms with E-state index in [-0.39, 0.29) is 0 Å². The molecule has 1 aliphatic heterocycles. The van der Waals surface area contributed by atoms with Gasteiger partial charge in [0.25, 0.3) is 0 Å². The lowest BCUT2D eigenvalue weighted by atomic mass is 10.2. The zero-order valence-corrected chi connectivity index (χ0v) is 12.8. The van der Waals surface area contributed by atoms with Gasteiger partial charge in [-0.25, -0.2) is 4.98 Å². The van der Waals surface area contributed by atoms with Crippen LogP contribution in [-0.2, 0) is 6.54 Å². The first-order valence-corrected chi connectivity index (χ1v) is 7.22. The zero-order valence-electron chi connectivity index (χ0n) is 11.2. The summed E-state index contributed by atoms with van der Waals surface area (Å²) in [6, 6.07) is 10.0. The molecule has 1 aromatic carbocycles. The molecule has 0 saturated heterocycles. The van der Waals surface area contributed by atoms with Gasteiger partial charge >= 0.3 is 0 Å². The molecule has 20 heavy (non-hydrogen) atoms. The van der Waals surface area contributed by atoms with Crippen LogP contribution < -0.4 is 14.4 Å². The van der Waals surface area contributed by atoms with E-state index in [9.17, 15) is 0 Å². The Morgan fingerprint density at radius 2 is 2.25 bits per heavy atom. The van der Waals surface area contributed by atoms with Crippen LogP contribution >= 0.6 is 15.9 Å². The Labute approximate surface area is 126 Å². The minimum Gasteiger partial charge on any atom is -0.496 e. The van der Waals surface area contributed by atoms with Gasteiger partial charge in [-0.2, -0.15) is 0 Å². The number of pyridine rings is 1. The van der Waals surface area contributed by atoms with E-state index in [4.69, 9.17) is 9.47 Å². The summed E-state index contributed by atoms with van der Waals surface area (Å²) in [4.78, 5) is 6.68. The Bertz CT molecular complexity index is 619. The van der Waals surface area contributed by atoms with Crippen molar-refractivity contribution < 1.29 is 9.47 Å². The molecule has 104 valence electrons.